The quantitative estimate of drug-likeness (QED) is 0.179. The van der Waals surface area contributed by atoms with Crippen LogP contribution in [0.15, 0.2) is 70.9 Å². The highest BCUT2D eigenvalue weighted by atomic mass is 32.2. The molecule has 0 saturated carbocycles. The number of carbonyl (C=O) groups is 2. The summed E-state index contributed by atoms with van der Waals surface area (Å²) in [6.07, 6.45) is -1.28. The van der Waals surface area contributed by atoms with Crippen molar-refractivity contribution in [3.63, 3.8) is 0 Å². The number of nitrogens with one attached hydrogen (secondary N) is 1. The standard InChI is InChI=1S/C36H45N3O10S2/c1-36(2,14-7-15-37-33(41)32-10-6-17-50-32)22-38(51(44,45)25-11-12-30-31(19-25)49-23-48-30)20-29(40)27(18-24-8-4-3-5-9-24)39(35(42)43)28-21-47-34-26(28)13-16-46-34/h3-6,8-12,17,19,26-29,34,40H,7,13-16,18,20-23H2,1-2H3,(H,37,41)(H,42,43)/t26-,27-,28-,29+,34+/m0/s1. The van der Waals surface area contributed by atoms with E-state index in [1.165, 1.54) is 38.7 Å². The van der Waals surface area contributed by atoms with E-state index in [9.17, 15) is 28.2 Å². The van der Waals surface area contributed by atoms with Crippen molar-refractivity contribution in [3.8, 4) is 11.5 Å². The molecule has 0 bridgehead atoms. The summed E-state index contributed by atoms with van der Waals surface area (Å²) in [6, 6.07) is 15.6. The molecule has 2 amide bonds. The van der Waals surface area contributed by atoms with E-state index in [0.29, 0.717) is 48.8 Å². The van der Waals surface area contributed by atoms with Gasteiger partial charge in [-0.3, -0.25) is 9.69 Å². The molecule has 2 saturated heterocycles. The van der Waals surface area contributed by atoms with Gasteiger partial charge < -0.3 is 34.5 Å². The molecule has 2 fully saturated rings. The van der Waals surface area contributed by atoms with Gasteiger partial charge in [0.2, 0.25) is 16.8 Å². The number of sulfonamides is 1. The van der Waals surface area contributed by atoms with Crippen LogP contribution in [0.4, 0.5) is 4.79 Å². The number of hydrogen-bond donors (Lipinski definition) is 3. The molecule has 51 heavy (non-hydrogen) atoms. The third-order valence-electron chi connectivity index (χ3n) is 9.71. The van der Waals surface area contributed by atoms with E-state index >= 15 is 0 Å². The van der Waals surface area contributed by atoms with Crippen LogP contribution in [-0.4, -0.2) is 104 Å². The van der Waals surface area contributed by atoms with E-state index in [2.05, 4.69) is 5.32 Å². The fourth-order valence-corrected chi connectivity index (χ4v) is 9.42. The molecule has 3 aromatic rings. The monoisotopic (exact) mass is 743 g/mol. The maximum atomic E-state index is 14.5. The molecule has 3 aliphatic heterocycles. The maximum absolute atomic E-state index is 14.5. The lowest BCUT2D eigenvalue weighted by Crippen LogP contribution is -2.58. The molecule has 3 N–H and O–H groups in total. The molecule has 0 aliphatic carbocycles. The highest BCUT2D eigenvalue weighted by molar-refractivity contribution is 7.89. The van der Waals surface area contributed by atoms with Gasteiger partial charge in [-0.2, -0.15) is 4.31 Å². The molecule has 13 nitrogen and oxygen atoms in total. The first-order chi connectivity index (χ1) is 24.4. The van der Waals surface area contributed by atoms with Gasteiger partial charge in [-0.1, -0.05) is 50.2 Å². The van der Waals surface area contributed by atoms with Gasteiger partial charge in [0, 0.05) is 31.6 Å². The van der Waals surface area contributed by atoms with Crippen molar-refractivity contribution in [2.45, 2.75) is 68.9 Å². The SMILES string of the molecule is CC(C)(CCCNC(=O)c1cccs1)CN(C[C@@H](O)[C@H](Cc1ccccc1)N(C(=O)O)[C@H]1CO[C@H]2OCC[C@H]21)S(=O)(=O)c1ccc2c(c1)OCO2. The lowest BCUT2D eigenvalue weighted by molar-refractivity contribution is -0.0906. The number of benzene rings is 2. The van der Waals surface area contributed by atoms with Gasteiger partial charge >= 0.3 is 6.09 Å². The molecule has 1 aromatic heterocycles. The molecule has 3 aliphatic rings. The Morgan fingerprint density at radius 2 is 1.84 bits per heavy atom. The number of nitrogens with zero attached hydrogens (tertiary/aromatic N) is 2. The highest BCUT2D eigenvalue weighted by Crippen LogP contribution is 2.38. The maximum Gasteiger partial charge on any atom is 0.407 e. The lowest BCUT2D eigenvalue weighted by Gasteiger charge is -2.40. The first kappa shape index (κ1) is 37.0. The summed E-state index contributed by atoms with van der Waals surface area (Å²) < 4.78 is 52.6. The smallest absolute Gasteiger partial charge is 0.407 e. The van der Waals surface area contributed by atoms with E-state index in [4.69, 9.17) is 18.9 Å². The summed E-state index contributed by atoms with van der Waals surface area (Å²) >= 11 is 1.36. The van der Waals surface area contributed by atoms with Crippen molar-refractivity contribution in [3.05, 3.63) is 76.5 Å². The Balaban J connectivity index is 1.27. The minimum Gasteiger partial charge on any atom is -0.465 e. The van der Waals surface area contributed by atoms with Crippen LogP contribution in [0, 0.1) is 11.3 Å². The number of ether oxygens (including phenoxy) is 4. The van der Waals surface area contributed by atoms with Crippen LogP contribution >= 0.6 is 11.3 Å². The van der Waals surface area contributed by atoms with Crippen molar-refractivity contribution in [1.29, 1.82) is 0 Å². The van der Waals surface area contributed by atoms with Gasteiger partial charge in [0.05, 0.1) is 41.2 Å². The number of rotatable bonds is 16. The van der Waals surface area contributed by atoms with E-state index in [0.717, 1.165) is 5.56 Å². The van der Waals surface area contributed by atoms with Crippen LogP contribution in [0.25, 0.3) is 0 Å². The summed E-state index contributed by atoms with van der Waals surface area (Å²) in [4.78, 5) is 27.3. The van der Waals surface area contributed by atoms with Crippen molar-refractivity contribution in [2.24, 2.45) is 11.3 Å². The number of carbonyl (C=O) groups excluding carboxylic acids is 1. The third kappa shape index (κ3) is 8.67. The molecule has 0 unspecified atom stereocenters. The van der Waals surface area contributed by atoms with Gasteiger partial charge in [0.25, 0.3) is 5.91 Å². The molecule has 0 radical (unpaired) electrons. The van der Waals surface area contributed by atoms with Crippen LogP contribution in [0.5, 0.6) is 11.5 Å². The Morgan fingerprint density at radius 1 is 1.06 bits per heavy atom. The largest absolute Gasteiger partial charge is 0.465 e. The van der Waals surface area contributed by atoms with Crippen LogP contribution in [0.2, 0.25) is 0 Å². The molecule has 0 spiro atoms. The van der Waals surface area contributed by atoms with Crippen LogP contribution in [0.3, 0.4) is 0 Å². The van der Waals surface area contributed by atoms with E-state index in [-0.39, 0.29) is 49.6 Å². The first-order valence-electron chi connectivity index (χ1n) is 17.1. The molecule has 4 heterocycles. The summed E-state index contributed by atoms with van der Waals surface area (Å²) in [6.45, 7) is 4.42. The van der Waals surface area contributed by atoms with E-state index < -0.39 is 46.0 Å². The minimum absolute atomic E-state index is 0.00983. The predicted molar refractivity (Wildman–Crippen MR) is 188 cm³/mol. The van der Waals surface area contributed by atoms with Crippen molar-refractivity contribution in [2.75, 3.05) is 39.6 Å². The van der Waals surface area contributed by atoms with E-state index in [1.54, 1.807) is 6.07 Å². The summed E-state index contributed by atoms with van der Waals surface area (Å²) in [7, 11) is -4.25. The van der Waals surface area contributed by atoms with Gasteiger partial charge in [0.1, 0.15) is 0 Å². The fourth-order valence-electron chi connectivity index (χ4n) is 7.12. The van der Waals surface area contributed by atoms with Crippen molar-refractivity contribution < 1.29 is 47.2 Å². The Bertz CT molecular complexity index is 1760. The zero-order valence-corrected chi connectivity index (χ0v) is 30.3. The molecule has 5 atom stereocenters. The van der Waals surface area contributed by atoms with Gasteiger partial charge in [0.15, 0.2) is 17.8 Å². The van der Waals surface area contributed by atoms with Crippen molar-refractivity contribution >= 4 is 33.4 Å². The zero-order valence-electron chi connectivity index (χ0n) is 28.7. The number of amides is 2. The molecule has 2 aromatic carbocycles. The van der Waals surface area contributed by atoms with Crippen LogP contribution in [-0.2, 0) is 25.9 Å². The Labute approximate surface area is 302 Å². The minimum atomic E-state index is -4.25. The van der Waals surface area contributed by atoms with Crippen LogP contribution in [0.1, 0.15) is 48.3 Å². The predicted octanol–water partition coefficient (Wildman–Crippen LogP) is 4.42. The van der Waals surface area contributed by atoms with Gasteiger partial charge in [-0.15, -0.1) is 11.3 Å². The lowest BCUT2D eigenvalue weighted by atomic mass is 9.87. The number of carboxylic acid groups (broad SMARTS) is 1. The second kappa shape index (κ2) is 15.9. The first-order valence-corrected chi connectivity index (χ1v) is 19.4. The molecule has 6 rings (SSSR count). The zero-order chi connectivity index (χ0) is 36.2. The number of aliphatic hydroxyl groups excluding tert-OH is 1. The van der Waals surface area contributed by atoms with Crippen molar-refractivity contribution in [1.82, 2.24) is 14.5 Å². The average Bonchev–Trinajstić information content (AvgIpc) is 3.93. The van der Waals surface area contributed by atoms with Crippen LogP contribution < -0.4 is 14.8 Å². The number of hydrogen-bond acceptors (Lipinski definition) is 10. The van der Waals surface area contributed by atoms with E-state index in [1.807, 2.05) is 55.6 Å². The van der Waals surface area contributed by atoms with Gasteiger partial charge in [-0.05, 0) is 60.2 Å². The molecular weight excluding hydrogens is 699 g/mol. The summed E-state index contributed by atoms with van der Waals surface area (Å²) in [5.41, 5.74) is 0.187. The molecule has 276 valence electrons. The molecule has 15 heteroatoms. The van der Waals surface area contributed by atoms with Gasteiger partial charge in [-0.25, -0.2) is 13.2 Å². The average molecular weight is 744 g/mol. The Kier molecular flexibility index (Phi) is 11.5. The number of fused-ring (bicyclic) bond motifs is 2. The number of aliphatic hydroxyl groups is 1. The number of thiophene rings is 1. The summed E-state index contributed by atoms with van der Waals surface area (Å²) in [5, 5.41) is 27.5. The Morgan fingerprint density at radius 3 is 2.59 bits per heavy atom. The second-order valence-corrected chi connectivity index (χ2v) is 16.8. The summed E-state index contributed by atoms with van der Waals surface area (Å²) in [5.74, 6) is 0.358. The second-order valence-electron chi connectivity index (χ2n) is 13.9. The topological polar surface area (TPSA) is 164 Å². The Hall–Kier alpha value is -3.73. The molecular formula is C36H45N3O10S2. The highest BCUT2D eigenvalue weighted by Gasteiger charge is 2.49. The normalized spacial score (nSPS) is 21.0. The third-order valence-corrected chi connectivity index (χ3v) is 12.4. The fraction of sp³-hybridized carbons (Fsp3) is 0.500.